The molecule has 0 fully saturated rings. The van der Waals surface area contributed by atoms with Crippen molar-refractivity contribution in [3.63, 3.8) is 0 Å². The molecule has 0 saturated carbocycles. The van der Waals surface area contributed by atoms with Crippen LogP contribution in [-0.2, 0) is 18.4 Å². The average Bonchev–Trinajstić information content (AvgIpc) is 2.47. The monoisotopic (exact) mass is 270 g/mol. The van der Waals surface area contributed by atoms with Gasteiger partial charge in [-0.1, -0.05) is 31.2 Å². The van der Waals surface area contributed by atoms with Crippen molar-refractivity contribution in [2.24, 2.45) is 5.73 Å². The molecule has 0 amide bonds. The molecule has 2 rings (SSSR count). The van der Waals surface area contributed by atoms with Crippen molar-refractivity contribution in [1.82, 2.24) is 4.98 Å². The maximum Gasteiger partial charge on any atom is 0.123 e. The molecule has 0 aliphatic rings. The summed E-state index contributed by atoms with van der Waals surface area (Å²) < 4.78 is 5.41. The predicted molar refractivity (Wildman–Crippen MR) is 81.9 cm³/mol. The first-order valence-electron chi connectivity index (χ1n) is 6.93. The number of nitrogens with zero attached hydrogens (tertiary/aromatic N) is 1. The van der Waals surface area contributed by atoms with Crippen molar-refractivity contribution < 1.29 is 4.74 Å². The van der Waals surface area contributed by atoms with E-state index in [0.717, 1.165) is 23.4 Å². The molecule has 0 aliphatic heterocycles. The number of pyridine rings is 1. The Morgan fingerprint density at radius 2 is 1.95 bits per heavy atom. The van der Waals surface area contributed by atoms with E-state index in [1.54, 1.807) is 7.11 Å². The van der Waals surface area contributed by atoms with Crippen molar-refractivity contribution in [2.45, 2.75) is 32.2 Å². The van der Waals surface area contributed by atoms with Crippen molar-refractivity contribution in [2.75, 3.05) is 7.11 Å². The summed E-state index contributed by atoms with van der Waals surface area (Å²) >= 11 is 0. The highest BCUT2D eigenvalue weighted by Crippen LogP contribution is 2.30. The lowest BCUT2D eigenvalue weighted by Crippen LogP contribution is -2.36. The lowest BCUT2D eigenvalue weighted by Gasteiger charge is -2.26. The number of rotatable bonds is 5. The molecule has 1 unspecified atom stereocenters. The van der Waals surface area contributed by atoms with Crippen LogP contribution in [-0.4, -0.2) is 12.1 Å². The zero-order valence-corrected chi connectivity index (χ0v) is 12.4. The molecule has 20 heavy (non-hydrogen) atoms. The van der Waals surface area contributed by atoms with E-state index in [0.29, 0.717) is 6.42 Å². The van der Waals surface area contributed by atoms with Crippen LogP contribution in [0, 0.1) is 0 Å². The van der Waals surface area contributed by atoms with Crippen molar-refractivity contribution in [1.29, 1.82) is 0 Å². The molecule has 1 aromatic carbocycles. The van der Waals surface area contributed by atoms with Gasteiger partial charge in [-0.25, -0.2) is 0 Å². The van der Waals surface area contributed by atoms with Crippen molar-refractivity contribution in [3.8, 4) is 5.75 Å². The highest BCUT2D eigenvalue weighted by Gasteiger charge is 2.25. The van der Waals surface area contributed by atoms with Gasteiger partial charge in [0.2, 0.25) is 0 Å². The molecule has 2 aromatic rings. The number of nitrogens with two attached hydrogens (primary N) is 1. The quantitative estimate of drug-likeness (QED) is 0.908. The Hall–Kier alpha value is -1.87. The van der Waals surface area contributed by atoms with E-state index in [9.17, 15) is 0 Å². The van der Waals surface area contributed by atoms with Gasteiger partial charge in [0, 0.05) is 29.4 Å². The molecule has 1 aromatic heterocycles. The second-order valence-corrected chi connectivity index (χ2v) is 5.31. The molecule has 1 atom stereocenters. The summed E-state index contributed by atoms with van der Waals surface area (Å²) in [7, 11) is 1.67. The molecule has 0 bridgehead atoms. The number of benzene rings is 1. The van der Waals surface area contributed by atoms with Crippen LogP contribution in [0.2, 0.25) is 0 Å². The molecule has 3 nitrogen and oxygen atoms in total. The van der Waals surface area contributed by atoms with E-state index < -0.39 is 5.54 Å². The maximum atomic E-state index is 6.50. The fourth-order valence-corrected chi connectivity index (χ4v) is 2.36. The molecule has 0 radical (unpaired) electrons. The molecule has 1 heterocycles. The minimum atomic E-state index is -0.507. The number of ether oxygens (including phenoxy) is 1. The standard InChI is InChI=1S/C17H22N2O/c1-4-13-9-10-14(19-12-13)11-17(2,18)15-7-5-6-8-16(15)20-3/h5-10,12H,4,11,18H2,1-3H3. The summed E-state index contributed by atoms with van der Waals surface area (Å²) in [5, 5.41) is 0. The zero-order valence-electron chi connectivity index (χ0n) is 12.4. The van der Waals surface area contributed by atoms with Gasteiger partial charge in [0.1, 0.15) is 5.75 Å². The molecular formula is C17H22N2O. The van der Waals surface area contributed by atoms with Gasteiger partial charge in [-0.3, -0.25) is 4.98 Å². The SMILES string of the molecule is CCc1ccc(CC(C)(N)c2ccccc2OC)nc1. The molecule has 0 aliphatic carbocycles. The number of hydrogen-bond acceptors (Lipinski definition) is 3. The average molecular weight is 270 g/mol. The minimum absolute atomic E-state index is 0.507. The number of methoxy groups -OCH3 is 1. The Balaban J connectivity index is 2.25. The Kier molecular flexibility index (Phi) is 4.40. The topological polar surface area (TPSA) is 48.1 Å². The Morgan fingerprint density at radius 3 is 2.55 bits per heavy atom. The van der Waals surface area contributed by atoms with E-state index in [2.05, 4.69) is 24.0 Å². The summed E-state index contributed by atoms with van der Waals surface area (Å²) in [4.78, 5) is 4.49. The zero-order chi connectivity index (χ0) is 14.6. The maximum absolute atomic E-state index is 6.50. The van der Waals surface area contributed by atoms with E-state index in [1.165, 1.54) is 5.56 Å². The first-order valence-corrected chi connectivity index (χ1v) is 6.93. The molecule has 106 valence electrons. The third kappa shape index (κ3) is 3.17. The van der Waals surface area contributed by atoms with Gasteiger partial charge in [0.15, 0.2) is 0 Å². The Morgan fingerprint density at radius 1 is 1.20 bits per heavy atom. The van der Waals surface area contributed by atoms with Crippen LogP contribution in [0.1, 0.15) is 30.7 Å². The second-order valence-electron chi connectivity index (χ2n) is 5.31. The molecule has 0 saturated heterocycles. The first-order chi connectivity index (χ1) is 9.56. The molecule has 0 spiro atoms. The third-order valence-electron chi connectivity index (χ3n) is 3.56. The normalized spacial score (nSPS) is 13.8. The summed E-state index contributed by atoms with van der Waals surface area (Å²) in [6, 6.07) is 12.1. The van der Waals surface area contributed by atoms with Crippen molar-refractivity contribution in [3.05, 3.63) is 59.4 Å². The smallest absolute Gasteiger partial charge is 0.123 e. The van der Waals surface area contributed by atoms with E-state index >= 15 is 0 Å². The number of aryl methyl sites for hydroxylation is 1. The lowest BCUT2D eigenvalue weighted by atomic mass is 9.87. The van der Waals surface area contributed by atoms with Crippen molar-refractivity contribution >= 4 is 0 Å². The third-order valence-corrected chi connectivity index (χ3v) is 3.56. The summed E-state index contributed by atoms with van der Waals surface area (Å²) in [5.41, 5.74) is 9.23. The predicted octanol–water partition coefficient (Wildman–Crippen LogP) is 3.07. The summed E-state index contributed by atoms with van der Waals surface area (Å²) in [6.45, 7) is 4.14. The van der Waals surface area contributed by atoms with Gasteiger partial charge >= 0.3 is 0 Å². The largest absolute Gasteiger partial charge is 0.496 e. The molecular weight excluding hydrogens is 248 g/mol. The number of para-hydroxylation sites is 1. The van der Waals surface area contributed by atoms with Crippen LogP contribution in [0.25, 0.3) is 0 Å². The van der Waals surface area contributed by atoms with Gasteiger partial charge in [-0.05, 0) is 31.0 Å². The second kappa shape index (κ2) is 6.06. The highest BCUT2D eigenvalue weighted by atomic mass is 16.5. The van der Waals surface area contributed by atoms with Crippen LogP contribution in [0.15, 0.2) is 42.6 Å². The number of hydrogen-bond donors (Lipinski definition) is 1. The summed E-state index contributed by atoms with van der Waals surface area (Å²) in [5.74, 6) is 0.822. The van der Waals surface area contributed by atoms with Crippen LogP contribution < -0.4 is 10.5 Å². The van der Waals surface area contributed by atoms with Gasteiger partial charge < -0.3 is 10.5 Å². The van der Waals surface area contributed by atoms with Crippen LogP contribution in [0.4, 0.5) is 0 Å². The van der Waals surface area contributed by atoms with Gasteiger partial charge in [-0.15, -0.1) is 0 Å². The number of aromatic nitrogens is 1. The fourth-order valence-electron chi connectivity index (χ4n) is 2.36. The first kappa shape index (κ1) is 14.5. The highest BCUT2D eigenvalue weighted by molar-refractivity contribution is 5.39. The van der Waals surface area contributed by atoms with Crippen LogP contribution in [0.3, 0.4) is 0 Å². The molecule has 2 N–H and O–H groups in total. The van der Waals surface area contributed by atoms with Gasteiger partial charge in [-0.2, -0.15) is 0 Å². The van der Waals surface area contributed by atoms with Gasteiger partial charge in [0.25, 0.3) is 0 Å². The minimum Gasteiger partial charge on any atom is -0.496 e. The lowest BCUT2D eigenvalue weighted by molar-refractivity contribution is 0.385. The van der Waals surface area contributed by atoms with E-state index in [-0.39, 0.29) is 0 Å². The summed E-state index contributed by atoms with van der Waals surface area (Å²) in [6.07, 6.45) is 3.60. The fraction of sp³-hybridized carbons (Fsp3) is 0.353. The Labute approximate surface area is 120 Å². The van der Waals surface area contributed by atoms with Crippen LogP contribution in [0.5, 0.6) is 5.75 Å². The van der Waals surface area contributed by atoms with E-state index in [1.807, 2.05) is 37.4 Å². The van der Waals surface area contributed by atoms with E-state index in [4.69, 9.17) is 10.5 Å². The van der Waals surface area contributed by atoms with Crippen LogP contribution >= 0.6 is 0 Å². The molecule has 3 heteroatoms. The van der Waals surface area contributed by atoms with Gasteiger partial charge in [0.05, 0.1) is 7.11 Å². The Bertz CT molecular complexity index is 561.